The van der Waals surface area contributed by atoms with Gasteiger partial charge in [-0.1, -0.05) is 25.6 Å². The first-order chi connectivity index (χ1) is 9.06. The van der Waals surface area contributed by atoms with Crippen molar-refractivity contribution < 1.29 is 19.6 Å². The van der Waals surface area contributed by atoms with Crippen molar-refractivity contribution in [2.75, 3.05) is 12.3 Å². The first-order valence-electron chi connectivity index (χ1n) is 5.93. The minimum absolute atomic E-state index is 0.0252. The quantitative estimate of drug-likeness (QED) is 0.530. The number of hydrogen-bond donors (Lipinski definition) is 3. The number of nitrogens with one attached hydrogen (secondary N) is 1. The average Bonchev–Trinajstić information content (AvgIpc) is 2.30. The molecule has 0 aliphatic heterocycles. The van der Waals surface area contributed by atoms with Crippen molar-refractivity contribution in [1.82, 2.24) is 10.5 Å². The number of carbonyl (C=O) groups is 3. The monoisotopic (exact) mass is 306 g/mol. The second kappa shape index (κ2) is 8.20. The van der Waals surface area contributed by atoms with Crippen LogP contribution >= 0.6 is 11.8 Å². The Morgan fingerprint density at radius 1 is 1.45 bits per heavy atom. The van der Waals surface area contributed by atoms with E-state index >= 15 is 0 Å². The second-order valence-electron chi connectivity index (χ2n) is 4.96. The van der Waals surface area contributed by atoms with Gasteiger partial charge in [0.1, 0.15) is 6.04 Å². The highest BCUT2D eigenvalue weighted by Crippen LogP contribution is 2.28. The zero-order chi connectivity index (χ0) is 15.9. The fourth-order valence-corrected chi connectivity index (χ4v) is 2.33. The molecule has 0 heterocycles. The van der Waals surface area contributed by atoms with Crippen molar-refractivity contribution in [3.05, 3.63) is 5.21 Å². The molecule has 0 fully saturated rings. The van der Waals surface area contributed by atoms with E-state index in [1.54, 1.807) is 13.8 Å². The lowest BCUT2D eigenvalue weighted by Gasteiger charge is -2.27. The molecule has 0 aromatic carbocycles. The van der Waals surface area contributed by atoms with Crippen molar-refractivity contribution in [2.45, 2.75) is 33.2 Å². The number of hydrogen-bond acceptors (Lipinski definition) is 7. The normalized spacial score (nSPS) is 13.1. The summed E-state index contributed by atoms with van der Waals surface area (Å²) in [5, 5.41) is 20.8. The second-order valence-corrected chi connectivity index (χ2v) is 5.96. The van der Waals surface area contributed by atoms with Gasteiger partial charge >= 0.3 is 0 Å². The van der Waals surface area contributed by atoms with Gasteiger partial charge in [-0.3, -0.25) is 19.6 Å². The highest BCUT2D eigenvalue weighted by molar-refractivity contribution is 8.13. The fraction of sp³-hybridized carbons (Fsp3) is 0.727. The van der Waals surface area contributed by atoms with Gasteiger partial charge in [0, 0.05) is 24.6 Å². The number of thioether (sulfide) groups is 1. The molecular formula is C11H20N3O5S-. The van der Waals surface area contributed by atoms with Crippen molar-refractivity contribution in [2.24, 2.45) is 11.1 Å². The van der Waals surface area contributed by atoms with E-state index in [0.29, 0.717) is 0 Å². The molecule has 0 aromatic rings. The van der Waals surface area contributed by atoms with E-state index in [9.17, 15) is 19.6 Å². The lowest BCUT2D eigenvalue weighted by atomic mass is 9.91. The number of nitrogens with two attached hydrogens (primary N) is 1. The molecule has 0 saturated heterocycles. The van der Waals surface area contributed by atoms with Crippen molar-refractivity contribution in [1.29, 1.82) is 0 Å². The Labute approximate surface area is 121 Å². The third kappa shape index (κ3) is 7.43. The van der Waals surface area contributed by atoms with E-state index < -0.39 is 23.3 Å². The van der Waals surface area contributed by atoms with Crippen LogP contribution in [0.4, 0.5) is 0 Å². The Hall–Kier alpha value is -1.16. The Morgan fingerprint density at radius 3 is 2.40 bits per heavy atom. The van der Waals surface area contributed by atoms with Gasteiger partial charge in [-0.2, -0.15) is 0 Å². The van der Waals surface area contributed by atoms with Gasteiger partial charge in [-0.25, -0.2) is 0 Å². The lowest BCUT2D eigenvalue weighted by molar-refractivity contribution is -0.125. The summed E-state index contributed by atoms with van der Waals surface area (Å²) in [5.41, 5.74) is 4.28. The van der Waals surface area contributed by atoms with Gasteiger partial charge in [0.25, 0.3) is 0 Å². The van der Waals surface area contributed by atoms with Crippen LogP contribution in [-0.4, -0.2) is 45.7 Å². The van der Waals surface area contributed by atoms with Gasteiger partial charge in [0.2, 0.25) is 11.8 Å². The van der Waals surface area contributed by atoms with Crippen molar-refractivity contribution >= 4 is 28.7 Å². The molecule has 0 aliphatic carbocycles. The fourth-order valence-electron chi connectivity index (χ4n) is 1.27. The van der Waals surface area contributed by atoms with Gasteiger partial charge in [0.05, 0.1) is 0 Å². The molecule has 116 valence electrons. The molecule has 9 heteroatoms. The Kier molecular flexibility index (Phi) is 7.72. The number of carbonyl (C=O) groups excluding carboxylic acids is 3. The maximum atomic E-state index is 12.0. The van der Waals surface area contributed by atoms with Crippen LogP contribution in [0.5, 0.6) is 0 Å². The Morgan fingerprint density at radius 2 is 2.00 bits per heavy atom. The summed E-state index contributed by atoms with van der Waals surface area (Å²) in [6.45, 7) is 4.31. The number of rotatable bonds is 8. The smallest absolute Gasteiger partial charge is 0.240 e. The molecular weight excluding hydrogens is 286 g/mol. The maximum Gasteiger partial charge on any atom is 0.240 e. The summed E-state index contributed by atoms with van der Waals surface area (Å²) >= 11 is 0.857. The van der Waals surface area contributed by atoms with Crippen LogP contribution in [0.1, 0.15) is 27.2 Å². The van der Waals surface area contributed by atoms with E-state index in [1.807, 2.05) is 0 Å². The highest BCUT2D eigenvalue weighted by Gasteiger charge is 2.29. The molecule has 0 bridgehead atoms. The zero-order valence-corrected chi connectivity index (χ0v) is 12.5. The number of hydroxylamine groups is 2. The molecule has 0 unspecified atom stereocenters. The predicted molar refractivity (Wildman–Crippen MR) is 74.5 cm³/mol. The van der Waals surface area contributed by atoms with Gasteiger partial charge < -0.3 is 21.5 Å². The Balaban J connectivity index is 4.43. The molecule has 0 aromatic heterocycles. The minimum atomic E-state index is -0.925. The maximum absolute atomic E-state index is 12.0. The van der Waals surface area contributed by atoms with Crippen molar-refractivity contribution in [3.8, 4) is 0 Å². The van der Waals surface area contributed by atoms with Crippen LogP contribution in [-0.2, 0) is 14.4 Å². The van der Waals surface area contributed by atoms with Gasteiger partial charge in [-0.05, 0) is 6.42 Å². The molecule has 0 radical (unpaired) electrons. The minimum Gasteiger partial charge on any atom is -0.762 e. The first-order valence-corrected chi connectivity index (χ1v) is 6.92. The predicted octanol–water partition coefficient (Wildman–Crippen LogP) is -0.158. The van der Waals surface area contributed by atoms with E-state index in [-0.39, 0.29) is 29.1 Å². The SMILES string of the molecule is CC(=O)N[C@@H](CSC(=O)C(C)(C)CCN([O-])O)C(N)=O. The molecule has 8 nitrogen and oxygen atoms in total. The summed E-state index contributed by atoms with van der Waals surface area (Å²) in [6.07, 6.45) is 0.167. The molecule has 2 amide bonds. The standard InChI is InChI=1S/C11H20N3O5S/c1-7(15)13-8(9(12)16)6-20-10(17)11(2,3)4-5-14(18)19/h8,18H,4-6H2,1-3H3,(H2,12,16)(H,13,15)/q-1/t8-/m0/s1. The largest absolute Gasteiger partial charge is 0.762 e. The van der Waals surface area contributed by atoms with Crippen molar-refractivity contribution in [3.63, 3.8) is 0 Å². The van der Waals surface area contributed by atoms with Crippen LogP contribution < -0.4 is 11.1 Å². The topological polar surface area (TPSA) is 136 Å². The molecule has 0 aliphatic rings. The highest BCUT2D eigenvalue weighted by atomic mass is 32.2. The lowest BCUT2D eigenvalue weighted by Crippen LogP contribution is -2.45. The van der Waals surface area contributed by atoms with Crippen LogP contribution in [0.15, 0.2) is 0 Å². The third-order valence-corrected chi connectivity index (χ3v) is 3.90. The van der Waals surface area contributed by atoms with Gasteiger partial charge in [-0.15, -0.1) is 0 Å². The van der Waals surface area contributed by atoms with E-state index in [2.05, 4.69) is 5.32 Å². The molecule has 1 atom stereocenters. The van der Waals surface area contributed by atoms with Gasteiger partial charge in [0.15, 0.2) is 5.12 Å². The summed E-state index contributed by atoms with van der Waals surface area (Å²) < 4.78 is 0. The Bertz CT molecular complexity index is 373. The van der Waals surface area contributed by atoms with E-state index in [4.69, 9.17) is 10.9 Å². The number of primary amides is 1. The molecule has 0 spiro atoms. The van der Waals surface area contributed by atoms with Crippen LogP contribution in [0, 0.1) is 10.6 Å². The average molecular weight is 306 g/mol. The van der Waals surface area contributed by atoms with Crippen LogP contribution in [0.2, 0.25) is 0 Å². The van der Waals surface area contributed by atoms with Crippen LogP contribution in [0.25, 0.3) is 0 Å². The van der Waals surface area contributed by atoms with E-state index in [0.717, 1.165) is 11.8 Å². The summed E-state index contributed by atoms with van der Waals surface area (Å²) in [6, 6.07) is -0.925. The number of amides is 2. The summed E-state index contributed by atoms with van der Waals surface area (Å²) in [5.74, 6) is -1.11. The number of nitrogens with zero attached hydrogens (tertiary/aromatic N) is 1. The summed E-state index contributed by atoms with van der Waals surface area (Å²) in [4.78, 5) is 34.0. The molecule has 4 N–H and O–H groups in total. The van der Waals surface area contributed by atoms with Crippen LogP contribution in [0.3, 0.4) is 0 Å². The molecule has 0 rings (SSSR count). The summed E-state index contributed by atoms with van der Waals surface area (Å²) in [7, 11) is 0. The first kappa shape index (κ1) is 18.8. The molecule has 0 saturated carbocycles. The molecule has 20 heavy (non-hydrogen) atoms. The van der Waals surface area contributed by atoms with E-state index in [1.165, 1.54) is 6.92 Å². The zero-order valence-electron chi connectivity index (χ0n) is 11.7. The third-order valence-electron chi connectivity index (χ3n) is 2.58.